The lowest BCUT2D eigenvalue weighted by atomic mass is 10.0. The van der Waals surface area contributed by atoms with Crippen molar-refractivity contribution in [2.45, 2.75) is 0 Å². The lowest BCUT2D eigenvalue weighted by molar-refractivity contribution is 1.30. The van der Waals surface area contributed by atoms with Crippen LogP contribution in [0.25, 0.3) is 74.2 Å². The van der Waals surface area contributed by atoms with Crippen LogP contribution >= 0.6 is 22.7 Å². The molecule has 0 saturated heterocycles. The molecule has 0 atom stereocenters. The second-order valence-electron chi connectivity index (χ2n) is 15.8. The Morgan fingerprint density at radius 2 is 0.656 bits per heavy atom. The molecule has 0 unspecified atom stereocenters. The van der Waals surface area contributed by atoms with E-state index in [4.69, 9.17) is 9.97 Å². The van der Waals surface area contributed by atoms with Crippen LogP contribution < -0.4 is 9.80 Å². The summed E-state index contributed by atoms with van der Waals surface area (Å²) >= 11 is 3.40. The van der Waals surface area contributed by atoms with Crippen molar-refractivity contribution in [2.24, 2.45) is 0 Å². The van der Waals surface area contributed by atoms with Crippen LogP contribution in [-0.2, 0) is 0 Å². The molecule has 0 fully saturated rings. The van der Waals surface area contributed by atoms with Gasteiger partial charge in [0.2, 0.25) is 0 Å². The maximum Gasteiger partial charge on any atom is 0.153 e. The van der Waals surface area contributed by atoms with Gasteiger partial charge in [-0.1, -0.05) is 146 Å². The van der Waals surface area contributed by atoms with Gasteiger partial charge in [0.25, 0.3) is 0 Å². The molecule has 0 amide bonds. The number of hydrogen-bond acceptors (Lipinski definition) is 6. The van der Waals surface area contributed by atoms with Crippen LogP contribution in [-0.4, -0.2) is 9.97 Å². The molecule has 2 heterocycles. The van der Waals surface area contributed by atoms with E-state index in [0.717, 1.165) is 86.8 Å². The van der Waals surface area contributed by atoms with Crippen molar-refractivity contribution in [3.63, 3.8) is 0 Å². The Morgan fingerprint density at radius 3 is 1.09 bits per heavy atom. The molecule has 64 heavy (non-hydrogen) atoms. The maximum atomic E-state index is 5.15. The van der Waals surface area contributed by atoms with Crippen molar-refractivity contribution in [3.8, 4) is 32.3 Å². The molecule has 0 aliphatic rings. The molecule has 0 N–H and O–H groups in total. The van der Waals surface area contributed by atoms with Crippen molar-refractivity contribution < 1.29 is 0 Å². The highest BCUT2D eigenvalue weighted by Crippen LogP contribution is 2.43. The molecule has 0 aliphatic carbocycles. The number of fused-ring (bicyclic) bond motifs is 4. The zero-order chi connectivity index (χ0) is 42.4. The first kappa shape index (κ1) is 37.8. The molecule has 0 bridgehead atoms. The summed E-state index contributed by atoms with van der Waals surface area (Å²) < 4.78 is 2.30. The summed E-state index contributed by atoms with van der Waals surface area (Å²) in [5.74, 6) is 0. The fraction of sp³-hybridized carbons (Fsp3) is 0. The van der Waals surface area contributed by atoms with E-state index in [0.29, 0.717) is 0 Å². The van der Waals surface area contributed by atoms with E-state index >= 15 is 0 Å². The van der Waals surface area contributed by atoms with E-state index in [1.165, 1.54) is 21.5 Å². The van der Waals surface area contributed by atoms with Crippen LogP contribution in [0.5, 0.6) is 0 Å². The summed E-state index contributed by atoms with van der Waals surface area (Å²) in [6.45, 7) is 0. The highest BCUT2D eigenvalue weighted by atomic mass is 32.1. The molecule has 4 nitrogen and oxygen atoms in total. The average molecular weight is 855 g/mol. The van der Waals surface area contributed by atoms with E-state index in [9.17, 15) is 0 Å². The minimum atomic E-state index is 0.942. The molecule has 0 aliphatic heterocycles. The topological polar surface area (TPSA) is 32.3 Å². The second kappa shape index (κ2) is 16.1. The predicted octanol–water partition coefficient (Wildman–Crippen LogP) is 17.2. The highest BCUT2D eigenvalue weighted by Gasteiger charge is 2.18. The molecule has 6 heteroatoms. The van der Waals surface area contributed by atoms with E-state index in [2.05, 4.69) is 240 Å². The van der Waals surface area contributed by atoms with Gasteiger partial charge in [0.1, 0.15) is 0 Å². The fourth-order valence-corrected chi connectivity index (χ4v) is 10.7. The number of hydrogen-bond donors (Lipinski definition) is 0. The highest BCUT2D eigenvalue weighted by molar-refractivity contribution is 7.27. The third kappa shape index (κ3) is 6.95. The number of aromatic nitrogens is 2. The van der Waals surface area contributed by atoms with Crippen molar-refractivity contribution in [1.29, 1.82) is 0 Å². The van der Waals surface area contributed by atoms with Crippen molar-refractivity contribution in [3.05, 3.63) is 231 Å². The van der Waals surface area contributed by atoms with Gasteiger partial charge >= 0.3 is 0 Å². The minimum absolute atomic E-state index is 0.942. The average Bonchev–Trinajstić information content (AvgIpc) is 4.00. The van der Waals surface area contributed by atoms with Crippen LogP contribution in [0.3, 0.4) is 0 Å². The summed E-state index contributed by atoms with van der Waals surface area (Å²) in [6, 6.07) is 82.3. The van der Waals surface area contributed by atoms with Crippen LogP contribution in [0.1, 0.15) is 0 Å². The van der Waals surface area contributed by atoms with Crippen LogP contribution in [0.2, 0.25) is 0 Å². The van der Waals surface area contributed by atoms with Gasteiger partial charge in [0, 0.05) is 33.5 Å². The zero-order valence-electron chi connectivity index (χ0n) is 34.5. The van der Waals surface area contributed by atoms with Crippen LogP contribution in [0.4, 0.5) is 34.1 Å². The first-order valence-corrected chi connectivity index (χ1v) is 23.0. The van der Waals surface area contributed by atoms with Gasteiger partial charge in [0.15, 0.2) is 10.0 Å². The molecule has 302 valence electrons. The van der Waals surface area contributed by atoms with E-state index in [1.807, 2.05) is 0 Å². The lowest BCUT2D eigenvalue weighted by Gasteiger charge is -2.27. The Morgan fingerprint density at radius 1 is 0.297 bits per heavy atom. The summed E-state index contributed by atoms with van der Waals surface area (Å²) in [4.78, 5) is 15.0. The van der Waals surface area contributed by atoms with E-state index in [-0.39, 0.29) is 0 Å². The largest absolute Gasteiger partial charge is 0.310 e. The molecule has 12 rings (SSSR count). The van der Waals surface area contributed by atoms with Gasteiger partial charge in [-0.2, -0.15) is 0 Å². The quantitative estimate of drug-likeness (QED) is 0.145. The zero-order valence-corrected chi connectivity index (χ0v) is 36.2. The normalized spacial score (nSPS) is 11.4. The van der Waals surface area contributed by atoms with Gasteiger partial charge in [-0.3, -0.25) is 0 Å². The van der Waals surface area contributed by atoms with Gasteiger partial charge in [-0.15, -0.1) is 22.7 Å². The predicted molar refractivity (Wildman–Crippen MR) is 273 cm³/mol. The Kier molecular flexibility index (Phi) is 9.51. The van der Waals surface area contributed by atoms with E-state index < -0.39 is 0 Å². The molecule has 12 aromatic rings. The molecular weight excluding hydrogens is 817 g/mol. The SMILES string of the molecule is c1ccc(N(c2ccc(-c3ccc4sc(-c5nc6cc(-c7ccc(N(c8ccccc8)c8cccc9ccccc89)cc7)ccc6s5)nc4c3)cc2)c2cccc3ccccc23)cc1. The Bertz CT molecular complexity index is 3360. The Balaban J connectivity index is 0.819. The molecular formula is C58H38N4S2. The molecule has 0 radical (unpaired) electrons. The third-order valence-electron chi connectivity index (χ3n) is 11.9. The summed E-state index contributed by atoms with van der Waals surface area (Å²) in [5.41, 5.74) is 13.3. The van der Waals surface area contributed by atoms with Gasteiger partial charge in [-0.05, 0) is 118 Å². The second-order valence-corrected chi connectivity index (χ2v) is 17.9. The van der Waals surface area contributed by atoms with Crippen LogP contribution in [0, 0.1) is 0 Å². The summed E-state index contributed by atoms with van der Waals surface area (Å²) in [6.07, 6.45) is 0. The smallest absolute Gasteiger partial charge is 0.153 e. The Labute approximate surface area is 379 Å². The van der Waals surface area contributed by atoms with Crippen LogP contribution in [0.15, 0.2) is 231 Å². The Hall–Kier alpha value is -7.90. The third-order valence-corrected chi connectivity index (χ3v) is 14.1. The molecule has 2 aromatic heterocycles. The number of benzene rings is 10. The van der Waals surface area contributed by atoms with Gasteiger partial charge in [0.05, 0.1) is 31.8 Å². The number of thiazole rings is 2. The fourth-order valence-electron chi connectivity index (χ4n) is 8.82. The van der Waals surface area contributed by atoms with Crippen molar-refractivity contribution >= 4 is 98.8 Å². The monoisotopic (exact) mass is 854 g/mol. The minimum Gasteiger partial charge on any atom is -0.310 e. The van der Waals surface area contributed by atoms with Gasteiger partial charge in [-0.25, -0.2) is 9.97 Å². The first-order valence-electron chi connectivity index (χ1n) is 21.4. The lowest BCUT2D eigenvalue weighted by Crippen LogP contribution is -2.10. The van der Waals surface area contributed by atoms with Crippen molar-refractivity contribution in [2.75, 3.05) is 9.80 Å². The standard InChI is InChI=1S/C58H38N4S2/c1-3-17-45(18-4-1)61(53-23-11-15-41-13-7-9-21-49(41)53)47-31-25-39(26-32-47)43-29-35-55-51(37-43)59-57(63-55)58-60-52-38-44(30-36-56(52)64-58)40-27-33-48(34-28-40)62(46-19-5-2-6-20-46)54-24-12-16-42-14-8-10-22-50(42)54/h1-38H. The summed E-state index contributed by atoms with van der Waals surface area (Å²) in [7, 11) is 0. The first-order chi connectivity index (χ1) is 31.7. The van der Waals surface area contributed by atoms with E-state index in [1.54, 1.807) is 22.7 Å². The number of nitrogens with zero attached hydrogens (tertiary/aromatic N) is 4. The maximum absolute atomic E-state index is 5.15. The number of anilines is 6. The number of rotatable bonds is 9. The molecule has 10 aromatic carbocycles. The molecule has 0 saturated carbocycles. The molecule has 0 spiro atoms. The van der Waals surface area contributed by atoms with Gasteiger partial charge < -0.3 is 9.80 Å². The summed E-state index contributed by atoms with van der Waals surface area (Å²) in [5, 5.41) is 6.75. The number of para-hydroxylation sites is 2. The van der Waals surface area contributed by atoms with Crippen molar-refractivity contribution in [1.82, 2.24) is 9.97 Å².